The van der Waals surface area contributed by atoms with E-state index in [-0.39, 0.29) is 17.9 Å². The van der Waals surface area contributed by atoms with Gasteiger partial charge < -0.3 is 9.15 Å². The van der Waals surface area contributed by atoms with Crippen LogP contribution in [0.3, 0.4) is 0 Å². The smallest absolute Gasteiger partial charge is 0.306 e. The molecule has 154 valence electrons. The molecule has 2 heterocycles. The quantitative estimate of drug-likeness (QED) is 0.460. The minimum absolute atomic E-state index is 0.0483. The number of oxazole rings is 1. The fourth-order valence-electron chi connectivity index (χ4n) is 2.99. The van der Waals surface area contributed by atoms with Crippen molar-refractivity contribution in [1.29, 1.82) is 0 Å². The van der Waals surface area contributed by atoms with Gasteiger partial charge in [-0.25, -0.2) is 13.4 Å². The Morgan fingerprint density at radius 1 is 1.10 bits per heavy atom. The van der Waals surface area contributed by atoms with Gasteiger partial charge in [-0.05, 0) is 18.6 Å². The summed E-state index contributed by atoms with van der Waals surface area (Å²) < 4.78 is 37.3. The van der Waals surface area contributed by atoms with Gasteiger partial charge in [-0.1, -0.05) is 42.5 Å². The number of fused-ring (bicyclic) bond motifs is 1. The average Bonchev–Trinajstić information content (AvgIpc) is 3.33. The van der Waals surface area contributed by atoms with Gasteiger partial charge in [-0.3, -0.25) is 14.5 Å². The van der Waals surface area contributed by atoms with Gasteiger partial charge in [-0.15, -0.1) is 0 Å². The first-order valence-electron chi connectivity index (χ1n) is 9.35. The highest BCUT2D eigenvalue weighted by molar-refractivity contribution is 7.90. The summed E-state index contributed by atoms with van der Waals surface area (Å²) in [4.78, 5) is 20.5. The number of ether oxygens (including phenoxy) is 1. The van der Waals surface area contributed by atoms with E-state index in [9.17, 15) is 13.2 Å². The maximum absolute atomic E-state index is 12.0. The van der Waals surface area contributed by atoms with Crippen LogP contribution in [-0.4, -0.2) is 31.8 Å². The van der Waals surface area contributed by atoms with Crippen molar-refractivity contribution >= 4 is 21.8 Å². The fraction of sp³-hybridized carbons (Fsp3) is 0.190. The van der Waals surface area contributed by atoms with E-state index in [0.29, 0.717) is 36.0 Å². The number of rotatable bonds is 7. The number of aliphatic imine (C=N–C) groups is 1. The summed E-state index contributed by atoms with van der Waals surface area (Å²) in [5.41, 5.74) is 1.43. The number of sulfonamides is 1. The van der Waals surface area contributed by atoms with Crippen molar-refractivity contribution in [2.45, 2.75) is 24.3 Å². The largest absolute Gasteiger partial charge is 0.456 e. The van der Waals surface area contributed by atoms with Gasteiger partial charge in [0.1, 0.15) is 5.84 Å². The number of nitrogens with zero attached hydrogens (tertiary/aromatic N) is 2. The van der Waals surface area contributed by atoms with Crippen LogP contribution in [0.15, 0.2) is 75.1 Å². The molecule has 1 aliphatic heterocycles. The van der Waals surface area contributed by atoms with Gasteiger partial charge in [-0.2, -0.15) is 0 Å². The van der Waals surface area contributed by atoms with Crippen molar-refractivity contribution in [3.8, 4) is 11.3 Å². The number of benzene rings is 2. The highest BCUT2D eigenvalue weighted by Gasteiger charge is 2.29. The Labute approximate surface area is 173 Å². The van der Waals surface area contributed by atoms with Crippen LogP contribution in [0.4, 0.5) is 0 Å². The summed E-state index contributed by atoms with van der Waals surface area (Å²) in [5, 5.41) is 0. The van der Waals surface area contributed by atoms with E-state index in [2.05, 4.69) is 14.7 Å². The molecular formula is C21H19N3O5S. The summed E-state index contributed by atoms with van der Waals surface area (Å²) in [5.74, 6) is 0.824. The van der Waals surface area contributed by atoms with Crippen molar-refractivity contribution in [2.75, 3.05) is 6.54 Å². The lowest BCUT2D eigenvalue weighted by molar-refractivity contribution is -0.145. The molecule has 0 atom stereocenters. The molecule has 9 heteroatoms. The van der Waals surface area contributed by atoms with Crippen molar-refractivity contribution in [3.05, 3.63) is 72.2 Å². The third-order valence-corrected chi connectivity index (χ3v) is 5.84. The molecule has 0 spiro atoms. The Balaban J connectivity index is 1.25. The first kappa shape index (κ1) is 19.8. The number of aromatic nitrogens is 1. The predicted octanol–water partition coefficient (Wildman–Crippen LogP) is 2.90. The Kier molecular flexibility index (Phi) is 5.62. The normalized spacial score (nSPS) is 15.5. The molecule has 1 aromatic heterocycles. The molecule has 0 saturated carbocycles. The Morgan fingerprint density at radius 2 is 1.87 bits per heavy atom. The zero-order valence-corrected chi connectivity index (χ0v) is 16.8. The second-order valence-electron chi connectivity index (χ2n) is 6.58. The summed E-state index contributed by atoms with van der Waals surface area (Å²) in [6.07, 6.45) is 2.17. The minimum atomic E-state index is -3.56. The van der Waals surface area contributed by atoms with Crippen LogP contribution < -0.4 is 4.72 Å². The van der Waals surface area contributed by atoms with Crippen molar-refractivity contribution < 1.29 is 22.4 Å². The van der Waals surface area contributed by atoms with Crippen molar-refractivity contribution in [1.82, 2.24) is 9.71 Å². The van der Waals surface area contributed by atoms with Crippen molar-refractivity contribution in [2.24, 2.45) is 4.99 Å². The lowest BCUT2D eigenvalue weighted by Crippen LogP contribution is -2.22. The van der Waals surface area contributed by atoms with Crippen LogP contribution in [0.5, 0.6) is 0 Å². The van der Waals surface area contributed by atoms with Crippen LogP contribution in [-0.2, 0) is 26.2 Å². The van der Waals surface area contributed by atoms with Crippen LogP contribution >= 0.6 is 0 Å². The van der Waals surface area contributed by atoms with E-state index in [1.54, 1.807) is 24.4 Å². The molecule has 0 unspecified atom stereocenters. The lowest BCUT2D eigenvalue weighted by Gasteiger charge is -2.02. The van der Waals surface area contributed by atoms with E-state index in [0.717, 1.165) is 5.56 Å². The molecule has 1 aliphatic rings. The highest BCUT2D eigenvalue weighted by atomic mass is 32.2. The molecule has 0 amide bonds. The van der Waals surface area contributed by atoms with Gasteiger partial charge in [0.05, 0.1) is 11.1 Å². The predicted molar refractivity (Wildman–Crippen MR) is 109 cm³/mol. The number of amidine groups is 1. The number of nitrogens with one attached hydrogen (secondary N) is 1. The minimum Gasteiger partial charge on any atom is -0.456 e. The van der Waals surface area contributed by atoms with E-state index in [1.165, 1.54) is 6.07 Å². The molecule has 3 aromatic rings. The molecule has 4 rings (SSSR count). The molecular weight excluding hydrogens is 406 g/mol. The second-order valence-corrected chi connectivity index (χ2v) is 8.23. The molecule has 0 radical (unpaired) electrons. The molecule has 0 fully saturated rings. The van der Waals surface area contributed by atoms with Gasteiger partial charge >= 0.3 is 5.97 Å². The number of hydrogen-bond acceptors (Lipinski definition) is 7. The number of esters is 1. The first-order chi connectivity index (χ1) is 14.5. The van der Waals surface area contributed by atoms with Crippen LogP contribution in [0.25, 0.3) is 11.3 Å². The molecule has 0 aliphatic carbocycles. The molecule has 0 saturated heterocycles. The maximum Gasteiger partial charge on any atom is 0.306 e. The zero-order chi connectivity index (χ0) is 21.0. The topological polar surface area (TPSA) is 111 Å². The van der Waals surface area contributed by atoms with E-state index < -0.39 is 16.0 Å². The summed E-state index contributed by atoms with van der Waals surface area (Å²) >= 11 is 0. The van der Waals surface area contributed by atoms with E-state index in [1.807, 2.05) is 30.3 Å². The Bertz CT molecular complexity index is 1190. The van der Waals surface area contributed by atoms with Gasteiger partial charge in [0.15, 0.2) is 12.4 Å². The SMILES string of the molecule is O=C(CCCN=C1NS(=O)(=O)c2ccccc21)OCc1ncc(-c2ccccc2)o1. The van der Waals surface area contributed by atoms with E-state index >= 15 is 0 Å². The fourth-order valence-corrected chi connectivity index (χ4v) is 4.24. The Morgan fingerprint density at radius 3 is 2.70 bits per heavy atom. The lowest BCUT2D eigenvalue weighted by atomic mass is 10.2. The molecule has 1 N–H and O–H groups in total. The third-order valence-electron chi connectivity index (χ3n) is 4.44. The average molecular weight is 425 g/mol. The molecule has 0 bridgehead atoms. The number of hydrogen-bond donors (Lipinski definition) is 1. The molecule has 30 heavy (non-hydrogen) atoms. The zero-order valence-electron chi connectivity index (χ0n) is 15.9. The van der Waals surface area contributed by atoms with Crippen LogP contribution in [0, 0.1) is 0 Å². The first-order valence-corrected chi connectivity index (χ1v) is 10.8. The molecule has 2 aromatic carbocycles. The summed E-state index contributed by atoms with van der Waals surface area (Å²) in [6, 6.07) is 16.2. The van der Waals surface area contributed by atoms with E-state index in [4.69, 9.17) is 9.15 Å². The second kappa shape index (κ2) is 8.50. The standard InChI is InChI=1S/C21H19N3O5S/c25-20(28-14-19-23-13-17(29-19)15-7-2-1-3-8-15)11-6-12-22-21-16-9-4-5-10-18(16)30(26,27)24-21/h1-5,7-10,13H,6,11-12,14H2,(H,22,24). The summed E-state index contributed by atoms with van der Waals surface area (Å²) in [7, 11) is -3.56. The maximum atomic E-state index is 12.0. The van der Waals surface area contributed by atoms with Gasteiger partial charge in [0, 0.05) is 24.1 Å². The van der Waals surface area contributed by atoms with Gasteiger partial charge in [0.2, 0.25) is 5.89 Å². The van der Waals surface area contributed by atoms with Crippen LogP contribution in [0.2, 0.25) is 0 Å². The number of carbonyl (C=O) groups is 1. The third kappa shape index (κ3) is 4.41. The number of carbonyl (C=O) groups excluding carboxylic acids is 1. The summed E-state index contributed by atoms with van der Waals surface area (Å²) in [6.45, 7) is 0.242. The Hall–Kier alpha value is -3.46. The highest BCUT2D eigenvalue weighted by Crippen LogP contribution is 2.22. The monoisotopic (exact) mass is 425 g/mol. The van der Waals surface area contributed by atoms with Crippen LogP contribution in [0.1, 0.15) is 24.3 Å². The van der Waals surface area contributed by atoms with Gasteiger partial charge in [0.25, 0.3) is 10.0 Å². The van der Waals surface area contributed by atoms with Crippen molar-refractivity contribution in [3.63, 3.8) is 0 Å². The molecule has 8 nitrogen and oxygen atoms in total.